The number of benzene rings is 2. The van der Waals surface area contributed by atoms with Crippen molar-refractivity contribution >= 4 is 11.6 Å². The minimum absolute atomic E-state index is 0.271. The molecule has 0 atom stereocenters. The average Bonchev–Trinajstić information content (AvgIpc) is 2.92. The first-order valence-corrected chi connectivity index (χ1v) is 6.46. The van der Waals surface area contributed by atoms with E-state index in [9.17, 15) is 4.39 Å². The van der Waals surface area contributed by atoms with Crippen LogP contribution in [0, 0.1) is 12.7 Å². The first kappa shape index (κ1) is 12.8. The quantitative estimate of drug-likeness (QED) is 0.712. The maximum absolute atomic E-state index is 12.9. The first-order valence-electron chi connectivity index (χ1n) is 6.08. The molecule has 3 aromatic rings. The summed E-state index contributed by atoms with van der Waals surface area (Å²) in [5, 5.41) is 8.86. The van der Waals surface area contributed by atoms with E-state index in [4.69, 9.17) is 11.6 Å². The summed E-state index contributed by atoms with van der Waals surface area (Å²) >= 11 is 6.00. The summed E-state index contributed by atoms with van der Waals surface area (Å²) in [5.74, 6) is -0.271. The minimum atomic E-state index is -0.271. The van der Waals surface area contributed by atoms with Gasteiger partial charge in [-0.2, -0.15) is 0 Å². The van der Waals surface area contributed by atoms with Gasteiger partial charge < -0.3 is 0 Å². The topological polar surface area (TPSA) is 30.7 Å². The predicted octanol–water partition coefficient (Wildman–Crippen LogP) is 4.04. The van der Waals surface area contributed by atoms with Crippen molar-refractivity contribution in [2.24, 2.45) is 0 Å². The third-order valence-electron chi connectivity index (χ3n) is 3.05. The van der Waals surface area contributed by atoms with Gasteiger partial charge in [-0.15, -0.1) is 5.10 Å². The number of halogens is 2. The largest absolute Gasteiger partial charge is 0.220 e. The average molecular weight is 288 g/mol. The van der Waals surface area contributed by atoms with Crippen LogP contribution in [0.15, 0.2) is 48.7 Å². The summed E-state index contributed by atoms with van der Waals surface area (Å²) in [5.41, 5.74) is 3.42. The van der Waals surface area contributed by atoms with Gasteiger partial charge in [-0.25, -0.2) is 9.07 Å². The fourth-order valence-corrected chi connectivity index (χ4v) is 2.13. The summed E-state index contributed by atoms with van der Waals surface area (Å²) in [4.78, 5) is 0. The van der Waals surface area contributed by atoms with Crippen LogP contribution < -0.4 is 0 Å². The third kappa shape index (κ3) is 2.42. The molecule has 1 heterocycles. The molecule has 2 aromatic carbocycles. The molecule has 0 saturated heterocycles. The second-order valence-electron chi connectivity index (χ2n) is 4.49. The molecule has 0 radical (unpaired) electrons. The molecule has 0 bridgehead atoms. The van der Waals surface area contributed by atoms with E-state index >= 15 is 0 Å². The standard InChI is InChI=1S/C15H11ClFN3/c1-10-2-5-12(16)8-15(10)20-9-14(18-19-20)11-3-6-13(17)7-4-11/h2-9H,1H3. The number of hydrogen-bond donors (Lipinski definition) is 0. The van der Waals surface area contributed by atoms with E-state index < -0.39 is 0 Å². The molecule has 1 aromatic heterocycles. The van der Waals surface area contributed by atoms with Gasteiger partial charge in [0.1, 0.15) is 11.5 Å². The van der Waals surface area contributed by atoms with E-state index in [-0.39, 0.29) is 5.82 Å². The zero-order chi connectivity index (χ0) is 14.1. The van der Waals surface area contributed by atoms with Crippen molar-refractivity contribution in [2.45, 2.75) is 6.92 Å². The van der Waals surface area contributed by atoms with Crippen molar-refractivity contribution in [1.29, 1.82) is 0 Å². The van der Waals surface area contributed by atoms with Crippen LogP contribution in [0.4, 0.5) is 4.39 Å². The fourth-order valence-electron chi connectivity index (χ4n) is 1.96. The van der Waals surface area contributed by atoms with Crippen LogP contribution in [0.25, 0.3) is 16.9 Å². The molecule has 0 spiro atoms. The van der Waals surface area contributed by atoms with Gasteiger partial charge >= 0.3 is 0 Å². The maximum Gasteiger partial charge on any atom is 0.123 e. The molecule has 3 nitrogen and oxygen atoms in total. The predicted molar refractivity (Wildman–Crippen MR) is 76.5 cm³/mol. The molecule has 0 aliphatic rings. The van der Waals surface area contributed by atoms with E-state index in [0.717, 1.165) is 16.8 Å². The van der Waals surface area contributed by atoms with Crippen molar-refractivity contribution in [2.75, 3.05) is 0 Å². The Morgan fingerprint density at radius 3 is 2.60 bits per heavy atom. The molecule has 0 N–H and O–H groups in total. The summed E-state index contributed by atoms with van der Waals surface area (Å²) in [7, 11) is 0. The molecule has 20 heavy (non-hydrogen) atoms. The number of aryl methyl sites for hydroxylation is 1. The van der Waals surface area contributed by atoms with Gasteiger partial charge in [0.05, 0.1) is 11.9 Å². The molecule has 0 unspecified atom stereocenters. The zero-order valence-electron chi connectivity index (χ0n) is 10.7. The van der Waals surface area contributed by atoms with E-state index in [1.165, 1.54) is 12.1 Å². The van der Waals surface area contributed by atoms with Crippen LogP contribution >= 0.6 is 11.6 Å². The monoisotopic (exact) mass is 287 g/mol. The molecule has 100 valence electrons. The maximum atomic E-state index is 12.9. The number of rotatable bonds is 2. The molecule has 0 aliphatic carbocycles. The summed E-state index contributed by atoms with van der Waals surface area (Å²) in [6.07, 6.45) is 1.80. The van der Waals surface area contributed by atoms with Gasteiger partial charge in [-0.05, 0) is 48.9 Å². The lowest BCUT2D eigenvalue weighted by Crippen LogP contribution is -1.97. The second kappa shape index (κ2) is 5.06. The van der Waals surface area contributed by atoms with Crippen molar-refractivity contribution < 1.29 is 4.39 Å². The SMILES string of the molecule is Cc1ccc(Cl)cc1-n1cc(-c2ccc(F)cc2)nn1. The van der Waals surface area contributed by atoms with Crippen molar-refractivity contribution in [3.8, 4) is 16.9 Å². The first-order chi connectivity index (χ1) is 9.63. The number of aromatic nitrogens is 3. The fraction of sp³-hybridized carbons (Fsp3) is 0.0667. The van der Waals surface area contributed by atoms with E-state index in [1.807, 2.05) is 25.1 Å². The van der Waals surface area contributed by atoms with Gasteiger partial charge in [0.2, 0.25) is 0 Å². The summed E-state index contributed by atoms with van der Waals surface area (Å²) in [6, 6.07) is 11.7. The van der Waals surface area contributed by atoms with Crippen molar-refractivity contribution in [3.63, 3.8) is 0 Å². The number of nitrogens with zero attached hydrogens (tertiary/aromatic N) is 3. The van der Waals surface area contributed by atoms with Gasteiger partial charge in [0, 0.05) is 10.6 Å². The Kier molecular flexibility index (Phi) is 3.24. The highest BCUT2D eigenvalue weighted by Crippen LogP contribution is 2.22. The Balaban J connectivity index is 2.01. The second-order valence-corrected chi connectivity index (χ2v) is 4.92. The molecule has 0 aliphatic heterocycles. The smallest absolute Gasteiger partial charge is 0.123 e. The summed E-state index contributed by atoms with van der Waals surface area (Å²) in [6.45, 7) is 1.98. The molecular formula is C15H11ClFN3. The number of hydrogen-bond acceptors (Lipinski definition) is 2. The Morgan fingerprint density at radius 1 is 1.10 bits per heavy atom. The van der Waals surface area contributed by atoms with Gasteiger partial charge in [-0.1, -0.05) is 22.9 Å². The lowest BCUT2D eigenvalue weighted by molar-refractivity contribution is 0.628. The van der Waals surface area contributed by atoms with Crippen LogP contribution in [-0.2, 0) is 0 Å². The normalized spacial score (nSPS) is 10.8. The summed E-state index contributed by atoms with van der Waals surface area (Å²) < 4.78 is 14.6. The Labute approximate surface area is 120 Å². The van der Waals surface area contributed by atoms with E-state index in [0.29, 0.717) is 10.7 Å². The zero-order valence-corrected chi connectivity index (χ0v) is 11.5. The lowest BCUT2D eigenvalue weighted by atomic mass is 10.1. The van der Waals surface area contributed by atoms with Gasteiger partial charge in [0.25, 0.3) is 0 Å². The van der Waals surface area contributed by atoms with Crippen LogP contribution in [-0.4, -0.2) is 15.0 Å². The minimum Gasteiger partial charge on any atom is -0.220 e. The molecule has 0 saturated carbocycles. The lowest BCUT2D eigenvalue weighted by Gasteiger charge is -2.04. The Hall–Kier alpha value is -2.20. The van der Waals surface area contributed by atoms with Crippen LogP contribution in [0.1, 0.15) is 5.56 Å². The molecule has 3 rings (SSSR count). The van der Waals surface area contributed by atoms with Crippen molar-refractivity contribution in [1.82, 2.24) is 15.0 Å². The molecule has 5 heteroatoms. The van der Waals surface area contributed by atoms with Gasteiger partial charge in [-0.3, -0.25) is 0 Å². The molecule has 0 fully saturated rings. The molecule has 0 amide bonds. The van der Waals surface area contributed by atoms with Crippen LogP contribution in [0.3, 0.4) is 0 Å². The Bertz CT molecular complexity index is 750. The van der Waals surface area contributed by atoms with Crippen LogP contribution in [0.2, 0.25) is 5.02 Å². The van der Waals surface area contributed by atoms with E-state index in [2.05, 4.69) is 10.3 Å². The van der Waals surface area contributed by atoms with E-state index in [1.54, 1.807) is 23.0 Å². The molecular weight excluding hydrogens is 277 g/mol. The highest BCUT2D eigenvalue weighted by molar-refractivity contribution is 6.30. The Morgan fingerprint density at radius 2 is 1.85 bits per heavy atom. The highest BCUT2D eigenvalue weighted by atomic mass is 35.5. The van der Waals surface area contributed by atoms with Crippen LogP contribution in [0.5, 0.6) is 0 Å². The van der Waals surface area contributed by atoms with Gasteiger partial charge in [0.15, 0.2) is 0 Å². The third-order valence-corrected chi connectivity index (χ3v) is 3.29. The van der Waals surface area contributed by atoms with Crippen molar-refractivity contribution in [3.05, 3.63) is 65.1 Å². The highest BCUT2D eigenvalue weighted by Gasteiger charge is 2.08.